The van der Waals surface area contributed by atoms with Crippen molar-refractivity contribution in [2.75, 3.05) is 11.5 Å². The lowest BCUT2D eigenvalue weighted by atomic mass is 9.98. The number of anilines is 1. The first kappa shape index (κ1) is 22.5. The van der Waals surface area contributed by atoms with Gasteiger partial charge in [-0.05, 0) is 49.1 Å². The van der Waals surface area contributed by atoms with E-state index in [0.29, 0.717) is 23.6 Å². The monoisotopic (exact) mass is 444 g/mol. The Morgan fingerprint density at radius 2 is 1.85 bits per heavy atom. The lowest BCUT2D eigenvalue weighted by Gasteiger charge is -2.25. The maximum atomic E-state index is 13.2. The van der Waals surface area contributed by atoms with E-state index in [1.807, 2.05) is 50.2 Å². The molecule has 7 nitrogen and oxygen atoms in total. The van der Waals surface area contributed by atoms with Crippen molar-refractivity contribution in [3.8, 4) is 11.1 Å². The summed E-state index contributed by atoms with van der Waals surface area (Å²) in [6.07, 6.45) is 4.43. The van der Waals surface area contributed by atoms with Crippen LogP contribution in [0.3, 0.4) is 0 Å². The number of rotatable bonds is 6. The summed E-state index contributed by atoms with van der Waals surface area (Å²) < 4.78 is 5.35. The Morgan fingerprint density at radius 1 is 1.09 bits per heavy atom. The zero-order chi connectivity index (χ0) is 23.5. The minimum Gasteiger partial charge on any atom is -0.447 e. The number of nitrogens with zero attached hydrogens (tertiary/aromatic N) is 3. The molecule has 4 rings (SSSR count). The molecule has 0 bridgehead atoms. The minimum absolute atomic E-state index is 0.0970. The van der Waals surface area contributed by atoms with Gasteiger partial charge < -0.3 is 10.1 Å². The van der Waals surface area contributed by atoms with Gasteiger partial charge in [-0.2, -0.15) is 0 Å². The molecular weight excluding hydrogens is 416 g/mol. The fourth-order valence-corrected chi connectivity index (χ4v) is 3.91. The number of nitrogens with one attached hydrogen (secondary N) is 1. The third kappa shape index (κ3) is 4.87. The van der Waals surface area contributed by atoms with E-state index >= 15 is 0 Å². The van der Waals surface area contributed by atoms with Gasteiger partial charge >= 0.3 is 6.09 Å². The third-order valence-electron chi connectivity index (χ3n) is 5.89. The molecular formula is C26H28N4O3. The Bertz CT molecular complexity index is 1150. The van der Waals surface area contributed by atoms with Gasteiger partial charge in [-0.3, -0.25) is 19.7 Å². The number of amides is 2. The second-order valence-electron chi connectivity index (χ2n) is 8.72. The van der Waals surface area contributed by atoms with E-state index in [1.54, 1.807) is 29.6 Å². The fourth-order valence-electron chi connectivity index (χ4n) is 3.91. The van der Waals surface area contributed by atoms with Crippen LogP contribution in [0.25, 0.3) is 11.1 Å². The van der Waals surface area contributed by atoms with E-state index in [4.69, 9.17) is 4.74 Å². The van der Waals surface area contributed by atoms with E-state index in [0.717, 1.165) is 16.7 Å². The molecule has 0 spiro atoms. The molecule has 2 heterocycles. The van der Waals surface area contributed by atoms with Crippen LogP contribution in [0.4, 0.5) is 10.5 Å². The van der Waals surface area contributed by atoms with Crippen LogP contribution in [-0.2, 0) is 4.74 Å². The first-order chi connectivity index (χ1) is 15.8. The van der Waals surface area contributed by atoms with Crippen LogP contribution in [0, 0.1) is 12.8 Å². The number of aromatic nitrogens is 2. The van der Waals surface area contributed by atoms with Gasteiger partial charge in [0.1, 0.15) is 6.61 Å². The predicted octanol–water partition coefficient (Wildman–Crippen LogP) is 4.92. The van der Waals surface area contributed by atoms with Crippen molar-refractivity contribution in [3.63, 3.8) is 0 Å². The highest BCUT2D eigenvalue weighted by atomic mass is 16.6. The zero-order valence-electron chi connectivity index (χ0n) is 19.3. The predicted molar refractivity (Wildman–Crippen MR) is 127 cm³/mol. The van der Waals surface area contributed by atoms with Crippen LogP contribution in [0.15, 0.2) is 61.1 Å². The minimum atomic E-state index is -0.394. The quantitative estimate of drug-likeness (QED) is 0.583. The molecule has 33 heavy (non-hydrogen) atoms. The Morgan fingerprint density at radius 3 is 2.52 bits per heavy atom. The number of benzene rings is 2. The summed E-state index contributed by atoms with van der Waals surface area (Å²) in [6, 6.07) is 13.2. The second-order valence-corrected chi connectivity index (χ2v) is 8.72. The summed E-state index contributed by atoms with van der Waals surface area (Å²) in [4.78, 5) is 35.9. The van der Waals surface area contributed by atoms with Crippen LogP contribution >= 0.6 is 0 Å². The van der Waals surface area contributed by atoms with Crippen LogP contribution in [0.5, 0.6) is 0 Å². The molecule has 1 aromatic heterocycles. The number of hydrogen-bond donors (Lipinski definition) is 1. The highest BCUT2D eigenvalue weighted by Gasteiger charge is 2.36. The molecule has 2 amide bonds. The number of ether oxygens (including phenoxy) is 1. The van der Waals surface area contributed by atoms with Crippen LogP contribution in [0.2, 0.25) is 0 Å². The summed E-state index contributed by atoms with van der Waals surface area (Å²) in [5.41, 5.74) is 4.74. The first-order valence-corrected chi connectivity index (χ1v) is 11.1. The van der Waals surface area contributed by atoms with Crippen LogP contribution in [-0.4, -0.2) is 34.6 Å². The lowest BCUT2D eigenvalue weighted by Crippen LogP contribution is -2.37. The molecule has 7 heteroatoms. The summed E-state index contributed by atoms with van der Waals surface area (Å²) in [5, 5.41) is 2.99. The molecule has 0 aliphatic carbocycles. The van der Waals surface area contributed by atoms with Gasteiger partial charge in [0.15, 0.2) is 0 Å². The normalized spacial score (nSPS) is 16.6. The molecule has 3 aromatic rings. The summed E-state index contributed by atoms with van der Waals surface area (Å²) in [6.45, 7) is 8.33. The van der Waals surface area contributed by atoms with E-state index in [2.05, 4.69) is 29.1 Å². The average Bonchev–Trinajstić information content (AvgIpc) is 3.21. The average molecular weight is 445 g/mol. The largest absolute Gasteiger partial charge is 0.447 e. The highest BCUT2D eigenvalue weighted by Crippen LogP contribution is 2.32. The number of cyclic esters (lactones) is 1. The lowest BCUT2D eigenvalue weighted by molar-refractivity contribution is 0.0939. The van der Waals surface area contributed by atoms with Crippen molar-refractivity contribution in [1.29, 1.82) is 0 Å². The summed E-state index contributed by atoms with van der Waals surface area (Å²) >= 11 is 0. The summed E-state index contributed by atoms with van der Waals surface area (Å²) in [7, 11) is 0. The van der Waals surface area contributed by atoms with Crippen molar-refractivity contribution in [3.05, 3.63) is 77.9 Å². The van der Waals surface area contributed by atoms with Crippen molar-refractivity contribution < 1.29 is 14.3 Å². The van der Waals surface area contributed by atoms with Crippen molar-refractivity contribution in [2.45, 2.75) is 39.8 Å². The van der Waals surface area contributed by atoms with Gasteiger partial charge in [-0.15, -0.1) is 0 Å². The van der Waals surface area contributed by atoms with Gasteiger partial charge in [0, 0.05) is 23.6 Å². The van der Waals surface area contributed by atoms with Gasteiger partial charge in [0.25, 0.3) is 5.91 Å². The van der Waals surface area contributed by atoms with E-state index in [1.165, 1.54) is 0 Å². The SMILES string of the molecule is Cc1ccc(-c2cc(C(=O)NC(C)c3cnccn3)cc(N3C(=O)OC[C@@H]3C(C)C)c2)cc1. The molecule has 1 N–H and O–H groups in total. The molecule has 170 valence electrons. The number of carbonyl (C=O) groups excluding carboxylic acids is 2. The fraction of sp³-hybridized carbons (Fsp3) is 0.308. The topological polar surface area (TPSA) is 84.4 Å². The maximum Gasteiger partial charge on any atom is 0.414 e. The Balaban J connectivity index is 1.73. The number of hydrogen-bond acceptors (Lipinski definition) is 5. The number of carbonyl (C=O) groups is 2. The Labute approximate surface area is 193 Å². The van der Waals surface area contributed by atoms with Crippen molar-refractivity contribution >= 4 is 17.7 Å². The molecule has 0 saturated carbocycles. The van der Waals surface area contributed by atoms with Crippen molar-refractivity contribution in [2.24, 2.45) is 5.92 Å². The zero-order valence-corrected chi connectivity index (χ0v) is 19.3. The molecule has 1 fully saturated rings. The molecule has 0 radical (unpaired) electrons. The van der Waals surface area contributed by atoms with E-state index < -0.39 is 6.09 Å². The van der Waals surface area contributed by atoms with Gasteiger partial charge in [-0.1, -0.05) is 43.7 Å². The Kier molecular flexibility index (Phi) is 6.40. The molecule has 1 aliphatic heterocycles. The van der Waals surface area contributed by atoms with Gasteiger partial charge in [0.2, 0.25) is 0 Å². The first-order valence-electron chi connectivity index (χ1n) is 11.1. The van der Waals surface area contributed by atoms with Crippen LogP contribution in [0.1, 0.15) is 48.4 Å². The molecule has 2 atom stereocenters. The summed E-state index contributed by atoms with van der Waals surface area (Å²) in [5.74, 6) is -0.0505. The molecule has 1 saturated heterocycles. The van der Waals surface area contributed by atoms with Gasteiger partial charge in [-0.25, -0.2) is 4.79 Å². The highest BCUT2D eigenvalue weighted by molar-refractivity contribution is 5.99. The second kappa shape index (κ2) is 9.40. The molecule has 1 unspecified atom stereocenters. The number of aryl methyl sites for hydroxylation is 1. The van der Waals surface area contributed by atoms with Gasteiger partial charge in [0.05, 0.1) is 24.0 Å². The standard InChI is InChI=1S/C26H28N4O3/c1-16(2)24-15-33-26(32)30(24)22-12-20(19-7-5-17(3)6-8-19)11-21(13-22)25(31)29-18(4)23-14-27-9-10-28-23/h5-14,16,18,24H,15H2,1-4H3,(H,29,31)/t18?,24-/m1/s1. The maximum absolute atomic E-state index is 13.2. The van der Waals surface area contributed by atoms with E-state index in [-0.39, 0.29) is 23.9 Å². The van der Waals surface area contributed by atoms with Crippen LogP contribution < -0.4 is 10.2 Å². The molecule has 2 aromatic carbocycles. The molecule has 1 aliphatic rings. The third-order valence-corrected chi connectivity index (χ3v) is 5.89. The van der Waals surface area contributed by atoms with E-state index in [9.17, 15) is 9.59 Å². The van der Waals surface area contributed by atoms with Crippen molar-refractivity contribution in [1.82, 2.24) is 15.3 Å². The Hall–Kier alpha value is -3.74. The smallest absolute Gasteiger partial charge is 0.414 e.